The highest BCUT2D eigenvalue weighted by molar-refractivity contribution is 5.84. The lowest BCUT2D eigenvalue weighted by Crippen LogP contribution is -2.51. The molecular weight excluding hydrogens is 283 g/mol. The van der Waals surface area contributed by atoms with Gasteiger partial charge in [0, 0.05) is 0 Å². The molecule has 4 N–H and O–H groups in total. The molecule has 22 heavy (non-hydrogen) atoms. The van der Waals surface area contributed by atoms with Crippen LogP contribution in [0.5, 0.6) is 5.75 Å². The molecule has 0 saturated heterocycles. The molecule has 0 aliphatic heterocycles. The monoisotopic (exact) mass is 302 g/mol. The Morgan fingerprint density at radius 3 is 2.55 bits per heavy atom. The molecule has 116 valence electrons. The van der Waals surface area contributed by atoms with E-state index in [1.54, 1.807) is 25.1 Å². The van der Waals surface area contributed by atoms with Gasteiger partial charge >= 0.3 is 0 Å². The second kappa shape index (κ2) is 6.58. The van der Waals surface area contributed by atoms with E-state index in [0.717, 1.165) is 11.1 Å². The molecule has 0 saturated carbocycles. The number of carbonyl (C=O) groups is 1. The van der Waals surface area contributed by atoms with Gasteiger partial charge in [0.25, 0.3) is 0 Å². The normalized spacial score (nSPS) is 13.4. The second-order valence-corrected chi connectivity index (χ2v) is 5.50. The molecule has 1 unspecified atom stereocenters. The molecular formula is C17H19FN2O2. The zero-order valence-corrected chi connectivity index (χ0v) is 12.4. The number of hydrogen-bond acceptors (Lipinski definition) is 3. The van der Waals surface area contributed by atoms with Gasteiger partial charge in [-0.25, -0.2) is 4.39 Å². The van der Waals surface area contributed by atoms with Gasteiger partial charge in [0.2, 0.25) is 5.91 Å². The van der Waals surface area contributed by atoms with Crippen molar-refractivity contribution in [2.24, 2.45) is 11.5 Å². The van der Waals surface area contributed by atoms with E-state index in [4.69, 9.17) is 16.2 Å². The van der Waals surface area contributed by atoms with Crippen molar-refractivity contribution in [3.8, 4) is 5.75 Å². The van der Waals surface area contributed by atoms with Crippen molar-refractivity contribution in [2.75, 3.05) is 0 Å². The van der Waals surface area contributed by atoms with Gasteiger partial charge in [-0.3, -0.25) is 4.79 Å². The van der Waals surface area contributed by atoms with E-state index in [2.05, 4.69) is 0 Å². The molecule has 0 aliphatic carbocycles. The Hall–Kier alpha value is -2.40. The highest BCUT2D eigenvalue weighted by Gasteiger charge is 2.25. The van der Waals surface area contributed by atoms with E-state index >= 15 is 0 Å². The highest BCUT2D eigenvalue weighted by Crippen LogP contribution is 2.18. The molecule has 0 bridgehead atoms. The first-order chi connectivity index (χ1) is 10.4. The number of rotatable bonds is 6. The van der Waals surface area contributed by atoms with Crippen molar-refractivity contribution in [3.05, 3.63) is 65.5 Å². The Morgan fingerprint density at radius 1 is 1.18 bits per heavy atom. The molecule has 4 nitrogen and oxygen atoms in total. The van der Waals surface area contributed by atoms with Crippen molar-refractivity contribution in [1.29, 1.82) is 0 Å². The minimum atomic E-state index is -1.11. The lowest BCUT2D eigenvalue weighted by atomic mass is 9.92. The van der Waals surface area contributed by atoms with Gasteiger partial charge in [-0.2, -0.15) is 0 Å². The lowest BCUT2D eigenvalue weighted by molar-refractivity contribution is -0.122. The quantitative estimate of drug-likeness (QED) is 0.858. The summed E-state index contributed by atoms with van der Waals surface area (Å²) in [5, 5.41) is 0. The average Bonchev–Trinajstić information content (AvgIpc) is 2.46. The fourth-order valence-electron chi connectivity index (χ4n) is 2.06. The Morgan fingerprint density at radius 2 is 1.86 bits per heavy atom. The van der Waals surface area contributed by atoms with Crippen LogP contribution in [0.25, 0.3) is 0 Å². The zero-order chi connectivity index (χ0) is 16.2. The predicted octanol–water partition coefficient (Wildman–Crippen LogP) is 2.15. The number of para-hydroxylation sites is 1. The van der Waals surface area contributed by atoms with Gasteiger partial charge in [0.15, 0.2) is 11.6 Å². The number of primary amides is 1. The molecule has 0 spiro atoms. The summed E-state index contributed by atoms with van der Waals surface area (Å²) in [6.07, 6.45) is 0.329. The van der Waals surface area contributed by atoms with Gasteiger partial charge in [0.1, 0.15) is 6.61 Å². The fraction of sp³-hybridized carbons (Fsp3) is 0.235. The lowest BCUT2D eigenvalue weighted by Gasteiger charge is -2.20. The van der Waals surface area contributed by atoms with Gasteiger partial charge in [-0.1, -0.05) is 36.4 Å². The summed E-state index contributed by atoms with van der Waals surface area (Å²) in [5.74, 6) is -0.754. The molecule has 0 radical (unpaired) electrons. The van der Waals surface area contributed by atoms with Gasteiger partial charge < -0.3 is 16.2 Å². The van der Waals surface area contributed by atoms with Crippen molar-refractivity contribution < 1.29 is 13.9 Å². The molecule has 1 amide bonds. The van der Waals surface area contributed by atoms with E-state index in [1.165, 1.54) is 6.07 Å². The summed E-state index contributed by atoms with van der Waals surface area (Å²) >= 11 is 0. The van der Waals surface area contributed by atoms with Gasteiger partial charge in [-0.05, 0) is 36.6 Å². The number of halogens is 1. The Balaban J connectivity index is 2.06. The van der Waals surface area contributed by atoms with E-state index in [1.807, 2.05) is 24.3 Å². The maximum absolute atomic E-state index is 13.5. The van der Waals surface area contributed by atoms with Gasteiger partial charge in [-0.15, -0.1) is 0 Å². The van der Waals surface area contributed by atoms with Crippen LogP contribution in [0, 0.1) is 5.82 Å². The zero-order valence-electron chi connectivity index (χ0n) is 12.4. The molecule has 0 aromatic heterocycles. The van der Waals surface area contributed by atoms with Crippen LogP contribution in [-0.2, 0) is 17.8 Å². The summed E-state index contributed by atoms with van der Waals surface area (Å²) in [7, 11) is 0. The van der Waals surface area contributed by atoms with Crippen LogP contribution in [0.2, 0.25) is 0 Å². The molecule has 0 fully saturated rings. The van der Waals surface area contributed by atoms with Crippen LogP contribution in [-0.4, -0.2) is 11.4 Å². The summed E-state index contributed by atoms with van der Waals surface area (Å²) in [6, 6.07) is 13.7. The maximum atomic E-state index is 13.5. The number of carbonyl (C=O) groups excluding carboxylic acids is 1. The minimum absolute atomic E-state index is 0.203. The third kappa shape index (κ3) is 4.05. The summed E-state index contributed by atoms with van der Waals surface area (Å²) in [5.41, 5.74) is 11.8. The Labute approximate surface area is 128 Å². The number of amides is 1. The third-order valence-corrected chi connectivity index (χ3v) is 3.36. The predicted molar refractivity (Wildman–Crippen MR) is 82.7 cm³/mol. The van der Waals surface area contributed by atoms with E-state index in [-0.39, 0.29) is 12.4 Å². The van der Waals surface area contributed by atoms with E-state index in [9.17, 15) is 9.18 Å². The van der Waals surface area contributed by atoms with Crippen molar-refractivity contribution in [2.45, 2.75) is 25.5 Å². The molecule has 0 aliphatic rings. The SMILES string of the molecule is CC(N)(Cc1cccc(COc2ccccc2F)c1)C(N)=O. The number of ether oxygens (including phenoxy) is 1. The molecule has 1 atom stereocenters. The largest absolute Gasteiger partial charge is 0.486 e. The molecule has 5 heteroatoms. The summed E-state index contributed by atoms with van der Waals surface area (Å²) in [6.45, 7) is 1.82. The van der Waals surface area contributed by atoms with Crippen molar-refractivity contribution in [1.82, 2.24) is 0 Å². The molecule has 2 aromatic rings. The number of benzene rings is 2. The van der Waals surface area contributed by atoms with Crippen LogP contribution in [0.1, 0.15) is 18.1 Å². The third-order valence-electron chi connectivity index (χ3n) is 3.36. The van der Waals surface area contributed by atoms with Crippen LogP contribution in [0.4, 0.5) is 4.39 Å². The highest BCUT2D eigenvalue weighted by atomic mass is 19.1. The first-order valence-electron chi connectivity index (χ1n) is 6.92. The standard InChI is InChI=1S/C17H19FN2O2/c1-17(20,16(19)21)10-12-5-4-6-13(9-12)11-22-15-8-3-2-7-14(15)18/h2-9H,10-11,20H2,1H3,(H2,19,21). The van der Waals surface area contributed by atoms with E-state index < -0.39 is 17.3 Å². The minimum Gasteiger partial charge on any atom is -0.486 e. The number of hydrogen-bond donors (Lipinski definition) is 2. The topological polar surface area (TPSA) is 78.3 Å². The first-order valence-corrected chi connectivity index (χ1v) is 6.92. The maximum Gasteiger partial charge on any atom is 0.237 e. The summed E-state index contributed by atoms with van der Waals surface area (Å²) in [4.78, 5) is 11.3. The van der Waals surface area contributed by atoms with Crippen molar-refractivity contribution in [3.63, 3.8) is 0 Å². The van der Waals surface area contributed by atoms with Crippen LogP contribution >= 0.6 is 0 Å². The van der Waals surface area contributed by atoms with Crippen LogP contribution in [0.3, 0.4) is 0 Å². The first kappa shape index (κ1) is 16.0. The number of nitrogens with two attached hydrogens (primary N) is 2. The Bertz CT molecular complexity index is 671. The van der Waals surface area contributed by atoms with E-state index in [0.29, 0.717) is 6.42 Å². The van der Waals surface area contributed by atoms with Crippen molar-refractivity contribution >= 4 is 5.91 Å². The molecule has 2 aromatic carbocycles. The molecule has 0 heterocycles. The Kier molecular flexibility index (Phi) is 4.78. The van der Waals surface area contributed by atoms with Gasteiger partial charge in [0.05, 0.1) is 5.54 Å². The fourth-order valence-corrected chi connectivity index (χ4v) is 2.06. The van der Waals surface area contributed by atoms with Crippen LogP contribution < -0.4 is 16.2 Å². The summed E-state index contributed by atoms with van der Waals surface area (Å²) < 4.78 is 18.9. The smallest absolute Gasteiger partial charge is 0.237 e. The van der Waals surface area contributed by atoms with Crippen LogP contribution in [0.15, 0.2) is 48.5 Å². The average molecular weight is 302 g/mol. The molecule has 2 rings (SSSR count). The second-order valence-electron chi connectivity index (χ2n) is 5.50.